The number of hydrogen-bond acceptors (Lipinski definition) is 26. The third-order valence-electron chi connectivity index (χ3n) is 19.9. The van der Waals surface area contributed by atoms with E-state index in [1.54, 1.807) is 6.92 Å². The largest absolute Gasteiger partial charge is 0.397 e. The van der Waals surface area contributed by atoms with Gasteiger partial charge in [-0.3, -0.25) is 9.35 Å². The number of Topliss-reactive ketones (excluding diaryl/α,β-unsaturated/α-hetero) is 1. The van der Waals surface area contributed by atoms with Crippen molar-refractivity contribution in [1.29, 1.82) is 0 Å². The Morgan fingerprint density at radius 3 is 1.74 bits per heavy atom. The van der Waals surface area contributed by atoms with E-state index in [4.69, 9.17) is 51.6 Å². The molecular weight excluding hydrogens is 1110 g/mol. The average molecular weight is 1200 g/mol. The van der Waals surface area contributed by atoms with Crippen LogP contribution in [0.1, 0.15) is 107 Å². The third kappa shape index (κ3) is 12.6. The number of aliphatic hydroxyl groups excluding tert-OH is 11. The Balaban J connectivity index is 0.975. The minimum absolute atomic E-state index is 0.00369. The fourth-order valence-electron chi connectivity index (χ4n) is 15.1. The van der Waals surface area contributed by atoms with Crippen molar-refractivity contribution in [3.05, 3.63) is 11.6 Å². The summed E-state index contributed by atoms with van der Waals surface area (Å²) in [5.41, 5.74) is -1.22. The summed E-state index contributed by atoms with van der Waals surface area (Å²) in [4.78, 5) is 13.1. The van der Waals surface area contributed by atoms with E-state index in [1.165, 1.54) is 20.8 Å². The molecular formula is C54H88O27S. The smallest absolute Gasteiger partial charge is 0.389 e. The molecule has 9 rings (SSSR count). The van der Waals surface area contributed by atoms with Crippen LogP contribution in [0.5, 0.6) is 0 Å². The Kier molecular flexibility index (Phi) is 19.6. The highest BCUT2D eigenvalue weighted by molar-refractivity contribution is 7.80. The lowest BCUT2D eigenvalue weighted by Gasteiger charge is -2.60. The Bertz CT molecular complexity index is 2350. The molecule has 0 spiro atoms. The number of fused-ring (bicyclic) bond motifs is 5. The van der Waals surface area contributed by atoms with E-state index in [9.17, 15) is 79.0 Å². The number of aliphatic hydroxyl groups is 12. The van der Waals surface area contributed by atoms with Crippen LogP contribution in [0.15, 0.2) is 11.6 Å². The van der Waals surface area contributed by atoms with Gasteiger partial charge in [0, 0.05) is 12.3 Å². The molecule has 82 heavy (non-hydrogen) atoms. The van der Waals surface area contributed by atoms with Gasteiger partial charge in [-0.05, 0) is 107 Å². The predicted octanol–water partition coefficient (Wildman–Crippen LogP) is -2.43. The second-order valence-electron chi connectivity index (χ2n) is 25.7. The molecule has 472 valence electrons. The van der Waals surface area contributed by atoms with Gasteiger partial charge in [0.1, 0.15) is 97.3 Å². The molecule has 0 bridgehead atoms. The Morgan fingerprint density at radius 1 is 0.634 bits per heavy atom. The van der Waals surface area contributed by atoms with Crippen molar-refractivity contribution in [2.45, 2.75) is 266 Å². The summed E-state index contributed by atoms with van der Waals surface area (Å²) >= 11 is 0. The minimum Gasteiger partial charge on any atom is -0.389 e. The van der Waals surface area contributed by atoms with Gasteiger partial charge in [-0.25, -0.2) is 4.18 Å². The predicted molar refractivity (Wildman–Crippen MR) is 275 cm³/mol. The lowest BCUT2D eigenvalue weighted by molar-refractivity contribution is -0.394. The van der Waals surface area contributed by atoms with Gasteiger partial charge in [-0.15, -0.1) is 0 Å². The van der Waals surface area contributed by atoms with Gasteiger partial charge >= 0.3 is 10.4 Å². The molecule has 13 N–H and O–H groups in total. The van der Waals surface area contributed by atoms with Crippen LogP contribution in [-0.2, 0) is 66.7 Å². The maximum atomic E-state index is 13.1. The molecule has 0 amide bonds. The minimum atomic E-state index is -4.87. The van der Waals surface area contributed by atoms with Gasteiger partial charge in [0.05, 0.1) is 49.3 Å². The first-order valence-electron chi connectivity index (χ1n) is 28.8. The van der Waals surface area contributed by atoms with Gasteiger partial charge < -0.3 is 109 Å². The van der Waals surface area contributed by atoms with Crippen molar-refractivity contribution in [3.63, 3.8) is 0 Å². The second kappa shape index (κ2) is 24.8. The van der Waals surface area contributed by atoms with Crippen molar-refractivity contribution >= 4 is 16.2 Å². The zero-order chi connectivity index (χ0) is 60.0. The fraction of sp³-hybridized carbons (Fsp3) is 0.944. The van der Waals surface area contributed by atoms with Crippen molar-refractivity contribution in [2.75, 3.05) is 13.2 Å². The Morgan fingerprint density at radius 2 is 1.16 bits per heavy atom. The van der Waals surface area contributed by atoms with Gasteiger partial charge in [0.25, 0.3) is 0 Å². The van der Waals surface area contributed by atoms with Gasteiger partial charge in [0.15, 0.2) is 31.5 Å². The first kappa shape index (κ1) is 64.9. The molecule has 4 aliphatic carbocycles. The van der Waals surface area contributed by atoms with E-state index in [0.29, 0.717) is 25.7 Å². The van der Waals surface area contributed by atoms with Crippen LogP contribution in [0.25, 0.3) is 0 Å². The summed E-state index contributed by atoms with van der Waals surface area (Å²) < 4.78 is 100. The number of ketones is 1. The molecule has 32 atom stereocenters. The zero-order valence-electron chi connectivity index (χ0n) is 47.4. The first-order valence-corrected chi connectivity index (χ1v) is 30.2. The van der Waals surface area contributed by atoms with Crippen LogP contribution in [0.3, 0.4) is 0 Å². The summed E-state index contributed by atoms with van der Waals surface area (Å²) in [7, 11) is -4.87. The van der Waals surface area contributed by atoms with Crippen LogP contribution >= 0.6 is 0 Å². The van der Waals surface area contributed by atoms with E-state index in [0.717, 1.165) is 12.0 Å². The summed E-state index contributed by atoms with van der Waals surface area (Å²) in [5, 5.41) is 134. The van der Waals surface area contributed by atoms with E-state index >= 15 is 0 Å². The third-order valence-corrected chi connectivity index (χ3v) is 20.4. The lowest BCUT2D eigenvalue weighted by Crippen LogP contribution is -2.66. The van der Waals surface area contributed by atoms with Gasteiger partial charge in [-0.1, -0.05) is 39.3 Å². The monoisotopic (exact) mass is 1200 g/mol. The average Bonchev–Trinajstić information content (AvgIpc) is 2.44. The Hall–Kier alpha value is -1.60. The summed E-state index contributed by atoms with van der Waals surface area (Å²) in [6.45, 7) is 12.7. The number of hydrogen-bond donors (Lipinski definition) is 13. The van der Waals surface area contributed by atoms with Crippen molar-refractivity contribution in [3.8, 4) is 0 Å². The van der Waals surface area contributed by atoms with Gasteiger partial charge in [0.2, 0.25) is 0 Å². The maximum absolute atomic E-state index is 13.1. The van der Waals surface area contributed by atoms with Crippen LogP contribution in [-0.4, -0.2) is 252 Å². The number of allylic oxidation sites excluding steroid dienone is 2. The number of carbonyl (C=O) groups excluding carboxylic acids is 1. The zero-order valence-corrected chi connectivity index (χ0v) is 48.2. The highest BCUT2D eigenvalue weighted by atomic mass is 32.3. The van der Waals surface area contributed by atoms with Crippen LogP contribution in [0.4, 0.5) is 0 Å². The highest BCUT2D eigenvalue weighted by Gasteiger charge is 2.64. The molecule has 0 aromatic rings. The fourth-order valence-corrected chi connectivity index (χ4v) is 15.6. The molecule has 0 unspecified atom stereocenters. The normalized spacial score (nSPS) is 51.8. The standard InChI is InChI=1S/C54H88O27S/c1-20(2)29(55)17-54(8,67)33-10-9-26-25-16-31(28-15-24(81-82(68,69)70)11-13-52(28,6)27(25)12-14-53(26,33)7)76-49-43(66)44(36(59)23(5)75-49)78-51-46(80-48-42(65)40(63)35(58)22(4)74-48)38(61)32(19-72-51)77-50-45(37(60)30(56)18-71-50)79-47-41(64)39(62)34(57)21(3)73-47/h12,20-26,28,30-51,56-67H,9-11,13-19H2,1-8H3,(H,68,69,70)/t21-,22-,23-,24+,25+,26+,28-,30-,31+,32-,33+,34+,35-,36-,37+,38+,39+,40+,41-,42-,43-,44+,45-,46-,47+,48+,49+,50+,51+,52-,53+,54+/m1/s1. The Labute approximate surface area is 476 Å². The summed E-state index contributed by atoms with van der Waals surface area (Å²) in [6, 6.07) is 0. The molecule has 5 heterocycles. The molecule has 8 fully saturated rings. The quantitative estimate of drug-likeness (QED) is 0.0565. The van der Waals surface area contributed by atoms with E-state index in [-0.39, 0.29) is 48.7 Å². The molecule has 3 saturated carbocycles. The van der Waals surface area contributed by atoms with Crippen molar-refractivity contribution < 1.29 is 131 Å². The van der Waals surface area contributed by atoms with Crippen LogP contribution in [0, 0.1) is 40.4 Å². The second-order valence-corrected chi connectivity index (χ2v) is 26.8. The van der Waals surface area contributed by atoms with E-state index < -0.39 is 199 Å². The molecule has 28 heteroatoms. The lowest BCUT2D eigenvalue weighted by atomic mass is 9.47. The highest BCUT2D eigenvalue weighted by Crippen LogP contribution is 2.67. The molecule has 9 aliphatic rings. The maximum Gasteiger partial charge on any atom is 0.397 e. The number of carbonyl (C=O) groups is 1. The van der Waals surface area contributed by atoms with Crippen molar-refractivity contribution in [2.24, 2.45) is 40.4 Å². The first-order chi connectivity index (χ1) is 38.3. The summed E-state index contributed by atoms with van der Waals surface area (Å²) in [6.07, 6.45) is -34.2. The van der Waals surface area contributed by atoms with Gasteiger partial charge in [-0.2, -0.15) is 8.42 Å². The molecule has 27 nitrogen and oxygen atoms in total. The molecule has 0 radical (unpaired) electrons. The van der Waals surface area contributed by atoms with E-state index in [1.807, 2.05) is 13.8 Å². The van der Waals surface area contributed by atoms with Crippen LogP contribution < -0.4 is 0 Å². The topological polar surface area (TPSA) is 416 Å². The number of rotatable bonds is 16. The molecule has 5 aliphatic heterocycles. The van der Waals surface area contributed by atoms with Crippen LogP contribution in [0.2, 0.25) is 0 Å². The molecule has 5 saturated heterocycles. The number of ether oxygens (including phenoxy) is 10. The molecule has 0 aromatic heterocycles. The summed E-state index contributed by atoms with van der Waals surface area (Å²) in [5.74, 6) is -1.15. The molecule has 0 aromatic carbocycles. The van der Waals surface area contributed by atoms with Crippen molar-refractivity contribution in [1.82, 2.24) is 0 Å². The van der Waals surface area contributed by atoms with E-state index in [2.05, 4.69) is 19.9 Å². The SMILES string of the molecule is CC(C)C(=O)C[C@](C)(O)[C@H]1CC[C@H]2[C@@H]3C[C@H](O[C@@H]4O[C@H](C)[C@@H](O)[C@H](O[C@@H]5OC[C@@H](O[C@@H]6OC[C@@H](O)[C@H](O)[C@H]6O[C@@H]6O[C@H](C)[C@H](O)[C@H](O)[C@H]6O)[C@H](O)[C@H]5O[C@@H]5O[C@H](C)[C@@H](O)[C@H](O)[C@H]5O)[C@H]4O)[C@H]4C[C@@H](OS(=O)(=O)O)CC[C@]4(C)C3=CC[C@@]21C.